The SMILES string of the molecule is Clc1ccccc1[I+]c1ccccc1Cl. The largest absolute Gasteiger partial charge is 0.361 e. The Morgan fingerprint density at radius 3 is 1.47 bits per heavy atom. The highest BCUT2D eigenvalue weighted by molar-refractivity contribution is 6.30. The first-order valence-electron chi connectivity index (χ1n) is 4.41. The van der Waals surface area contributed by atoms with Crippen molar-refractivity contribution in [2.45, 2.75) is 0 Å². The topological polar surface area (TPSA) is 0 Å². The highest BCUT2D eigenvalue weighted by atomic mass is 127. The normalized spacial score (nSPS) is 10.3. The average Bonchev–Trinajstić information content (AvgIpc) is 2.24. The maximum Gasteiger partial charge on any atom is 0.361 e. The predicted molar refractivity (Wildman–Crippen MR) is 60.3 cm³/mol. The van der Waals surface area contributed by atoms with Gasteiger partial charge in [0.25, 0.3) is 0 Å². The van der Waals surface area contributed by atoms with Crippen molar-refractivity contribution in [2.24, 2.45) is 0 Å². The Kier molecular flexibility index (Phi) is 3.89. The van der Waals surface area contributed by atoms with Crippen LogP contribution in [0.1, 0.15) is 0 Å². The summed E-state index contributed by atoms with van der Waals surface area (Å²) in [6.45, 7) is 0. The molecule has 2 aromatic rings. The van der Waals surface area contributed by atoms with Crippen molar-refractivity contribution in [1.82, 2.24) is 0 Å². The van der Waals surface area contributed by atoms with Gasteiger partial charge in [-0.05, 0) is 24.3 Å². The van der Waals surface area contributed by atoms with Crippen LogP contribution in [0.5, 0.6) is 0 Å². The van der Waals surface area contributed by atoms with Crippen molar-refractivity contribution in [2.75, 3.05) is 0 Å². The van der Waals surface area contributed by atoms with Crippen LogP contribution in [0.4, 0.5) is 0 Å². The average molecular weight is 350 g/mol. The Labute approximate surface area is 109 Å². The monoisotopic (exact) mass is 349 g/mol. The minimum absolute atomic E-state index is 0.279. The van der Waals surface area contributed by atoms with Gasteiger partial charge in [-0.3, -0.25) is 0 Å². The van der Waals surface area contributed by atoms with Crippen molar-refractivity contribution in [3.8, 4) is 0 Å². The molecule has 0 spiro atoms. The minimum Gasteiger partial charge on any atom is -0.0794 e. The summed E-state index contributed by atoms with van der Waals surface area (Å²) in [6, 6.07) is 15.9. The molecule has 0 amide bonds. The van der Waals surface area contributed by atoms with Crippen molar-refractivity contribution in [3.63, 3.8) is 0 Å². The van der Waals surface area contributed by atoms with Crippen molar-refractivity contribution in [3.05, 3.63) is 65.7 Å². The van der Waals surface area contributed by atoms with Crippen LogP contribution in [0.2, 0.25) is 10.0 Å². The van der Waals surface area contributed by atoms with E-state index < -0.39 is 0 Å². The highest BCUT2D eigenvalue weighted by Crippen LogP contribution is 2.07. The number of halogens is 3. The molecule has 0 aliphatic carbocycles. The maximum absolute atomic E-state index is 6.11. The molecule has 0 saturated heterocycles. The number of hydrogen-bond donors (Lipinski definition) is 0. The molecule has 0 unspecified atom stereocenters. The summed E-state index contributed by atoms with van der Waals surface area (Å²) in [5.41, 5.74) is 0. The molecule has 0 atom stereocenters. The Bertz CT molecular complexity index is 425. The smallest absolute Gasteiger partial charge is 0.0794 e. The standard InChI is InChI=1S/C12H8Cl2I/c13-9-5-1-3-7-11(9)15-12-8-4-2-6-10(12)14/h1-8H/q+1. The lowest BCUT2D eigenvalue weighted by Gasteiger charge is -1.91. The molecule has 0 fully saturated rings. The summed E-state index contributed by atoms with van der Waals surface area (Å²) in [5.74, 6) is 0. The lowest BCUT2D eigenvalue weighted by atomic mass is 10.4. The third kappa shape index (κ3) is 2.86. The van der Waals surface area contributed by atoms with E-state index in [0.29, 0.717) is 0 Å². The Hall–Kier alpha value is -0.250. The second kappa shape index (κ2) is 5.19. The van der Waals surface area contributed by atoms with Crippen LogP contribution in [0.15, 0.2) is 48.5 Å². The van der Waals surface area contributed by atoms with E-state index in [1.165, 1.54) is 7.14 Å². The number of rotatable bonds is 2. The van der Waals surface area contributed by atoms with E-state index in [-0.39, 0.29) is 21.2 Å². The molecule has 0 aliphatic rings. The van der Waals surface area contributed by atoms with Crippen LogP contribution < -0.4 is 21.2 Å². The lowest BCUT2D eigenvalue weighted by molar-refractivity contribution is -0.597. The van der Waals surface area contributed by atoms with Gasteiger partial charge in [0, 0.05) is 0 Å². The maximum atomic E-state index is 6.11. The Morgan fingerprint density at radius 2 is 1.07 bits per heavy atom. The molecule has 0 aliphatic heterocycles. The van der Waals surface area contributed by atoms with Gasteiger partial charge in [0.05, 0.1) is 10.0 Å². The number of hydrogen-bond acceptors (Lipinski definition) is 0. The van der Waals surface area contributed by atoms with Gasteiger partial charge < -0.3 is 0 Å². The van der Waals surface area contributed by atoms with Gasteiger partial charge >= 0.3 is 21.2 Å². The molecule has 0 saturated carbocycles. The first-order chi connectivity index (χ1) is 7.27. The summed E-state index contributed by atoms with van der Waals surface area (Å²) < 4.78 is 2.43. The zero-order chi connectivity index (χ0) is 10.7. The molecule has 0 aromatic heterocycles. The van der Waals surface area contributed by atoms with E-state index in [0.717, 1.165) is 10.0 Å². The molecule has 2 rings (SSSR count). The molecule has 76 valence electrons. The van der Waals surface area contributed by atoms with E-state index in [2.05, 4.69) is 12.1 Å². The molecule has 0 radical (unpaired) electrons. The van der Waals surface area contributed by atoms with Crippen LogP contribution >= 0.6 is 23.2 Å². The molecule has 0 bridgehead atoms. The van der Waals surface area contributed by atoms with Gasteiger partial charge in [0.15, 0.2) is 0 Å². The van der Waals surface area contributed by atoms with Gasteiger partial charge in [-0.2, -0.15) is 0 Å². The molecule has 15 heavy (non-hydrogen) atoms. The van der Waals surface area contributed by atoms with Gasteiger partial charge in [-0.1, -0.05) is 47.5 Å². The summed E-state index contributed by atoms with van der Waals surface area (Å²) in [4.78, 5) is 0. The minimum atomic E-state index is -0.279. The van der Waals surface area contributed by atoms with E-state index in [9.17, 15) is 0 Å². The first kappa shape index (κ1) is 11.2. The molecular weight excluding hydrogens is 342 g/mol. The molecule has 0 N–H and O–H groups in total. The van der Waals surface area contributed by atoms with Crippen molar-refractivity contribution >= 4 is 23.2 Å². The molecule has 3 heteroatoms. The lowest BCUT2D eigenvalue weighted by Crippen LogP contribution is -3.61. The zero-order valence-corrected chi connectivity index (χ0v) is 11.4. The fourth-order valence-corrected chi connectivity index (χ4v) is 4.17. The first-order valence-corrected chi connectivity index (χ1v) is 7.32. The van der Waals surface area contributed by atoms with E-state index in [1.807, 2.05) is 36.4 Å². The zero-order valence-electron chi connectivity index (χ0n) is 7.75. The summed E-state index contributed by atoms with van der Waals surface area (Å²) in [5, 5.41) is 1.68. The Balaban J connectivity index is 2.30. The third-order valence-electron chi connectivity index (χ3n) is 1.85. The number of benzene rings is 2. The van der Waals surface area contributed by atoms with E-state index in [1.54, 1.807) is 0 Å². The van der Waals surface area contributed by atoms with Gasteiger partial charge in [-0.25, -0.2) is 0 Å². The second-order valence-corrected chi connectivity index (χ2v) is 6.60. The van der Waals surface area contributed by atoms with Crippen molar-refractivity contribution < 1.29 is 21.2 Å². The molecule has 0 nitrogen and oxygen atoms in total. The fraction of sp³-hybridized carbons (Fsp3) is 0. The van der Waals surface area contributed by atoms with Crippen LogP contribution in [-0.4, -0.2) is 0 Å². The Morgan fingerprint density at radius 1 is 0.667 bits per heavy atom. The van der Waals surface area contributed by atoms with Gasteiger partial charge in [-0.15, -0.1) is 0 Å². The van der Waals surface area contributed by atoms with Gasteiger partial charge in [0.2, 0.25) is 7.14 Å². The summed E-state index contributed by atoms with van der Waals surface area (Å²) >= 11 is 11.9. The summed E-state index contributed by atoms with van der Waals surface area (Å²) in [7, 11) is 0. The van der Waals surface area contributed by atoms with Crippen LogP contribution in [0.3, 0.4) is 0 Å². The van der Waals surface area contributed by atoms with E-state index in [4.69, 9.17) is 23.2 Å². The van der Waals surface area contributed by atoms with Crippen LogP contribution in [0.25, 0.3) is 0 Å². The van der Waals surface area contributed by atoms with Gasteiger partial charge in [0.1, 0.15) is 0 Å². The molecule has 0 heterocycles. The van der Waals surface area contributed by atoms with Crippen molar-refractivity contribution in [1.29, 1.82) is 0 Å². The molecule has 2 aromatic carbocycles. The third-order valence-corrected chi connectivity index (χ3v) is 6.19. The van der Waals surface area contributed by atoms with Crippen LogP contribution in [0, 0.1) is 7.14 Å². The predicted octanol–water partition coefficient (Wildman–Crippen LogP) is 1.12. The second-order valence-electron chi connectivity index (χ2n) is 2.92. The summed E-state index contributed by atoms with van der Waals surface area (Å²) in [6.07, 6.45) is 0. The van der Waals surface area contributed by atoms with E-state index >= 15 is 0 Å². The quantitative estimate of drug-likeness (QED) is 0.713. The fourth-order valence-electron chi connectivity index (χ4n) is 1.14. The van der Waals surface area contributed by atoms with Crippen LogP contribution in [-0.2, 0) is 0 Å². The highest BCUT2D eigenvalue weighted by Gasteiger charge is 2.21. The molecular formula is C12H8Cl2I+.